The minimum Gasteiger partial charge on any atom is -0.326 e. The zero-order valence-electron chi connectivity index (χ0n) is 14.7. The predicted molar refractivity (Wildman–Crippen MR) is 98.6 cm³/mol. The van der Waals surface area contributed by atoms with Gasteiger partial charge in [0.25, 0.3) is 0 Å². The second kappa shape index (κ2) is 5.87. The van der Waals surface area contributed by atoms with E-state index in [9.17, 15) is 4.79 Å². The van der Waals surface area contributed by atoms with Gasteiger partial charge in [0, 0.05) is 35.4 Å². The van der Waals surface area contributed by atoms with Crippen LogP contribution in [0.15, 0.2) is 45.2 Å². The van der Waals surface area contributed by atoms with Gasteiger partial charge in [-0.05, 0) is 57.6 Å². The van der Waals surface area contributed by atoms with Gasteiger partial charge in [0.15, 0.2) is 0 Å². The van der Waals surface area contributed by atoms with Gasteiger partial charge in [-0.2, -0.15) is 0 Å². The first-order chi connectivity index (χ1) is 11.6. The van der Waals surface area contributed by atoms with Crippen LogP contribution in [-0.2, 0) is 12.0 Å². The molecule has 1 heterocycles. The summed E-state index contributed by atoms with van der Waals surface area (Å²) in [6.45, 7) is 4.37. The van der Waals surface area contributed by atoms with Crippen LogP contribution in [-0.4, -0.2) is 10.7 Å². The van der Waals surface area contributed by atoms with E-state index in [1.165, 1.54) is 41.7 Å². The lowest BCUT2D eigenvalue weighted by molar-refractivity contribution is 0.409. The molecule has 3 heteroatoms. The number of rotatable bonds is 1. The van der Waals surface area contributed by atoms with Gasteiger partial charge >= 0.3 is 0 Å². The Hall–Kier alpha value is -1.90. The van der Waals surface area contributed by atoms with Crippen molar-refractivity contribution in [2.24, 2.45) is 10.9 Å². The second-order valence-electron chi connectivity index (χ2n) is 7.56. The number of pyridine rings is 1. The van der Waals surface area contributed by atoms with E-state index < -0.39 is 0 Å². The summed E-state index contributed by atoms with van der Waals surface area (Å²) in [5.74, 6) is 0.363. The number of aromatic nitrogens is 1. The highest BCUT2D eigenvalue weighted by atomic mass is 16.1. The Balaban J connectivity index is 1.95. The molecule has 3 nitrogen and oxygen atoms in total. The van der Waals surface area contributed by atoms with Crippen molar-refractivity contribution >= 4 is 5.71 Å². The molecule has 0 spiro atoms. The summed E-state index contributed by atoms with van der Waals surface area (Å²) >= 11 is 0. The fourth-order valence-electron chi connectivity index (χ4n) is 4.97. The molecule has 1 unspecified atom stereocenters. The Morgan fingerprint density at radius 3 is 2.79 bits per heavy atom. The first-order valence-corrected chi connectivity index (χ1v) is 9.26. The van der Waals surface area contributed by atoms with Crippen molar-refractivity contribution in [1.29, 1.82) is 0 Å². The number of hydrogen-bond donors (Lipinski definition) is 1. The van der Waals surface area contributed by atoms with Gasteiger partial charge in [-0.25, -0.2) is 0 Å². The van der Waals surface area contributed by atoms with Crippen molar-refractivity contribution in [3.05, 3.63) is 57.0 Å². The molecule has 2 bridgehead atoms. The Kier molecular flexibility index (Phi) is 3.82. The van der Waals surface area contributed by atoms with Gasteiger partial charge in [0.2, 0.25) is 5.56 Å². The molecule has 0 aliphatic heterocycles. The lowest BCUT2D eigenvalue weighted by Gasteiger charge is -2.45. The molecule has 1 saturated carbocycles. The van der Waals surface area contributed by atoms with E-state index in [1.807, 2.05) is 6.07 Å². The molecule has 4 rings (SSSR count). The average molecular weight is 322 g/mol. The van der Waals surface area contributed by atoms with Crippen LogP contribution < -0.4 is 5.56 Å². The maximum Gasteiger partial charge on any atom is 0.248 e. The Bertz CT molecular complexity index is 803. The predicted octanol–water partition coefficient (Wildman–Crippen LogP) is 4.44. The summed E-state index contributed by atoms with van der Waals surface area (Å²) < 4.78 is 0. The van der Waals surface area contributed by atoms with Gasteiger partial charge in [-0.3, -0.25) is 9.79 Å². The molecule has 0 saturated heterocycles. The zero-order valence-corrected chi connectivity index (χ0v) is 14.7. The molecule has 0 aromatic carbocycles. The SMILES string of the molecule is C/C=C1\C2C=C(C)C[C@@]1(N=C1CCCCC1)c1ccc(=O)[nH]c1C2. The van der Waals surface area contributed by atoms with Gasteiger partial charge in [0.1, 0.15) is 5.54 Å². The van der Waals surface area contributed by atoms with Crippen molar-refractivity contribution in [1.82, 2.24) is 4.98 Å². The fourth-order valence-corrected chi connectivity index (χ4v) is 4.97. The zero-order chi connectivity index (χ0) is 16.7. The number of nitrogens with zero attached hydrogens (tertiary/aromatic N) is 1. The molecule has 3 aliphatic rings. The number of nitrogens with one attached hydrogen (secondary N) is 1. The summed E-state index contributed by atoms with van der Waals surface area (Å²) in [5.41, 5.74) is 6.22. The number of hydrogen-bond acceptors (Lipinski definition) is 2. The minimum atomic E-state index is -0.289. The van der Waals surface area contributed by atoms with Crippen LogP contribution in [0.2, 0.25) is 0 Å². The normalized spacial score (nSPS) is 30.8. The van der Waals surface area contributed by atoms with Crippen LogP contribution in [0.5, 0.6) is 0 Å². The molecular formula is C21H26N2O. The van der Waals surface area contributed by atoms with E-state index in [0.29, 0.717) is 5.92 Å². The highest BCUT2D eigenvalue weighted by molar-refractivity contribution is 5.86. The fraction of sp³-hybridized carbons (Fsp3) is 0.524. The van der Waals surface area contributed by atoms with E-state index in [-0.39, 0.29) is 11.1 Å². The smallest absolute Gasteiger partial charge is 0.248 e. The molecule has 0 amide bonds. The molecule has 1 fully saturated rings. The average Bonchev–Trinajstić information content (AvgIpc) is 2.54. The maximum absolute atomic E-state index is 11.8. The van der Waals surface area contributed by atoms with Crippen LogP contribution >= 0.6 is 0 Å². The van der Waals surface area contributed by atoms with Crippen LogP contribution in [0.25, 0.3) is 0 Å². The maximum atomic E-state index is 11.8. The minimum absolute atomic E-state index is 0.00285. The molecule has 1 N–H and O–H groups in total. The molecule has 24 heavy (non-hydrogen) atoms. The third kappa shape index (κ3) is 2.42. The van der Waals surface area contributed by atoms with Crippen molar-refractivity contribution in [2.75, 3.05) is 0 Å². The summed E-state index contributed by atoms with van der Waals surface area (Å²) in [6.07, 6.45) is 12.6. The number of fused-ring (bicyclic) bond motifs is 4. The second-order valence-corrected chi connectivity index (χ2v) is 7.56. The quantitative estimate of drug-likeness (QED) is 0.763. The summed E-state index contributed by atoms with van der Waals surface area (Å²) in [5, 5.41) is 0. The third-order valence-electron chi connectivity index (χ3n) is 5.86. The number of aliphatic imine (C=N–C) groups is 1. The molecular weight excluding hydrogens is 296 g/mol. The van der Waals surface area contributed by atoms with Crippen LogP contribution in [0, 0.1) is 5.92 Å². The largest absolute Gasteiger partial charge is 0.326 e. The van der Waals surface area contributed by atoms with Crippen molar-refractivity contribution < 1.29 is 0 Å². The third-order valence-corrected chi connectivity index (χ3v) is 5.86. The van der Waals surface area contributed by atoms with Crippen LogP contribution in [0.3, 0.4) is 0 Å². The van der Waals surface area contributed by atoms with Crippen LogP contribution in [0.4, 0.5) is 0 Å². The lowest BCUT2D eigenvalue weighted by atomic mass is 9.63. The van der Waals surface area contributed by atoms with E-state index in [2.05, 4.69) is 31.0 Å². The Morgan fingerprint density at radius 1 is 1.25 bits per heavy atom. The monoisotopic (exact) mass is 322 g/mol. The first-order valence-electron chi connectivity index (χ1n) is 9.26. The standard InChI is InChI=1S/C21H26N2O/c1-3-17-15-11-14(2)13-21(17,23-16-7-5-4-6-8-16)18-9-10-20(24)22-19(18)12-15/h3,9-11,15H,4-8,12-13H2,1-2H3,(H,22,24)/b17-3+/t15?,21-/m0/s1. The highest BCUT2D eigenvalue weighted by Crippen LogP contribution is 2.52. The number of allylic oxidation sites excluding steroid dienone is 2. The lowest BCUT2D eigenvalue weighted by Crippen LogP contribution is -2.41. The van der Waals surface area contributed by atoms with Crippen LogP contribution in [0.1, 0.15) is 63.6 Å². The van der Waals surface area contributed by atoms with E-state index in [0.717, 1.165) is 31.4 Å². The topological polar surface area (TPSA) is 45.2 Å². The Labute approximate surface area is 143 Å². The van der Waals surface area contributed by atoms with E-state index >= 15 is 0 Å². The molecule has 3 aliphatic carbocycles. The highest BCUT2D eigenvalue weighted by Gasteiger charge is 2.46. The van der Waals surface area contributed by atoms with Gasteiger partial charge in [0.05, 0.1) is 0 Å². The summed E-state index contributed by atoms with van der Waals surface area (Å²) in [7, 11) is 0. The molecule has 2 atom stereocenters. The number of H-pyrrole nitrogens is 1. The molecule has 1 aromatic rings. The molecule has 0 radical (unpaired) electrons. The van der Waals surface area contributed by atoms with Gasteiger partial charge in [-0.1, -0.05) is 24.1 Å². The van der Waals surface area contributed by atoms with Crippen molar-refractivity contribution in [3.63, 3.8) is 0 Å². The number of aromatic amines is 1. The Morgan fingerprint density at radius 2 is 2.04 bits per heavy atom. The van der Waals surface area contributed by atoms with Gasteiger partial charge < -0.3 is 4.98 Å². The van der Waals surface area contributed by atoms with Crippen molar-refractivity contribution in [3.8, 4) is 0 Å². The summed E-state index contributed by atoms with van der Waals surface area (Å²) in [4.78, 5) is 20.4. The molecule has 1 aromatic heterocycles. The van der Waals surface area contributed by atoms with Gasteiger partial charge in [-0.15, -0.1) is 0 Å². The van der Waals surface area contributed by atoms with E-state index in [1.54, 1.807) is 6.07 Å². The van der Waals surface area contributed by atoms with E-state index in [4.69, 9.17) is 4.99 Å². The molecule has 126 valence electrons. The summed E-state index contributed by atoms with van der Waals surface area (Å²) in [6, 6.07) is 3.70. The first kappa shape index (κ1) is 15.6. The van der Waals surface area contributed by atoms with Crippen molar-refractivity contribution in [2.45, 2.75) is 64.3 Å².